The van der Waals surface area contributed by atoms with Gasteiger partial charge in [-0.2, -0.15) is 5.10 Å². The number of nitrogens with zero attached hydrogens (tertiary/aromatic N) is 2. The molecule has 11 heteroatoms. The Bertz CT molecular complexity index is 1550. The van der Waals surface area contributed by atoms with Crippen LogP contribution < -0.4 is 31.6 Å². The molecule has 1 aliphatic rings. The molecule has 2 aromatic heterocycles. The maximum atomic E-state index is 12.9. The number of fused-ring (bicyclic) bond motifs is 1. The fourth-order valence-corrected chi connectivity index (χ4v) is 3.47. The molecule has 0 atom stereocenters. The molecule has 3 N–H and O–H groups in total. The van der Waals surface area contributed by atoms with Gasteiger partial charge in [0.15, 0.2) is 11.5 Å². The number of aromatic amines is 2. The summed E-state index contributed by atoms with van der Waals surface area (Å²) in [5, 5.41) is 8.95. The third kappa shape index (κ3) is 4.09. The number of nitrogens with one attached hydrogen (secondary N) is 3. The molecule has 2 aromatic carbocycles. The first kappa shape index (κ1) is 20.9. The number of hydrogen-bond donors (Lipinski definition) is 3. The van der Waals surface area contributed by atoms with Gasteiger partial charge < -0.3 is 19.8 Å². The number of H-pyrrole nitrogens is 2. The van der Waals surface area contributed by atoms with Crippen LogP contribution in [0.3, 0.4) is 0 Å². The Morgan fingerprint density at radius 3 is 2.56 bits per heavy atom. The molecule has 34 heavy (non-hydrogen) atoms. The lowest BCUT2D eigenvalue weighted by molar-refractivity contribution is 0.102. The molecule has 1 aliphatic heterocycles. The molecular weight excluding hydrogens is 442 g/mol. The van der Waals surface area contributed by atoms with Gasteiger partial charge in [0.25, 0.3) is 17.0 Å². The molecule has 0 saturated heterocycles. The Morgan fingerprint density at radius 2 is 1.79 bits per heavy atom. The third-order valence-corrected chi connectivity index (χ3v) is 5.20. The van der Waals surface area contributed by atoms with E-state index in [9.17, 15) is 19.2 Å². The topological polar surface area (TPSA) is 148 Å². The lowest BCUT2D eigenvalue weighted by Crippen LogP contribution is -2.39. The van der Waals surface area contributed by atoms with Gasteiger partial charge in [-0.15, -0.1) is 0 Å². The van der Waals surface area contributed by atoms with E-state index in [-0.39, 0.29) is 24.5 Å². The fraction of sp³-hybridized carbons (Fsp3) is 0.0870. The number of carbonyl (C=O) groups excluding carboxylic acids is 1. The first-order valence-electron chi connectivity index (χ1n) is 10.2. The lowest BCUT2D eigenvalue weighted by Gasteiger charge is -2.09. The fourth-order valence-electron chi connectivity index (χ4n) is 3.47. The van der Waals surface area contributed by atoms with Crippen molar-refractivity contribution in [1.82, 2.24) is 19.7 Å². The van der Waals surface area contributed by atoms with Crippen LogP contribution in [0, 0.1) is 0 Å². The molecule has 0 unspecified atom stereocenters. The normalized spacial score (nSPS) is 11.9. The summed E-state index contributed by atoms with van der Waals surface area (Å²) in [6, 6.07) is 14.7. The van der Waals surface area contributed by atoms with Crippen molar-refractivity contribution in [2.24, 2.45) is 0 Å². The minimum atomic E-state index is -0.729. The molecule has 0 saturated carbocycles. The summed E-state index contributed by atoms with van der Waals surface area (Å²) in [5.74, 6) is 0.437. The van der Waals surface area contributed by atoms with Crippen LogP contribution in [0.25, 0.3) is 11.3 Å². The number of anilines is 1. The Morgan fingerprint density at radius 1 is 1.00 bits per heavy atom. The van der Waals surface area contributed by atoms with Crippen molar-refractivity contribution in [3.63, 3.8) is 0 Å². The highest BCUT2D eigenvalue weighted by atomic mass is 16.7. The van der Waals surface area contributed by atoms with Gasteiger partial charge in [-0.1, -0.05) is 18.2 Å². The molecule has 11 nitrogen and oxygen atoms in total. The van der Waals surface area contributed by atoms with Crippen molar-refractivity contribution >= 4 is 11.6 Å². The quantitative estimate of drug-likeness (QED) is 0.408. The number of carbonyl (C=O) groups is 1. The van der Waals surface area contributed by atoms with Gasteiger partial charge in [0.1, 0.15) is 5.56 Å². The lowest BCUT2D eigenvalue weighted by atomic mass is 10.1. The molecule has 0 aliphatic carbocycles. The first-order valence-corrected chi connectivity index (χ1v) is 10.2. The Labute approximate surface area is 190 Å². The van der Waals surface area contributed by atoms with Crippen LogP contribution in [0.4, 0.5) is 5.69 Å². The van der Waals surface area contributed by atoms with E-state index in [0.717, 1.165) is 16.3 Å². The van der Waals surface area contributed by atoms with Crippen molar-refractivity contribution in [3.05, 3.63) is 103 Å². The zero-order valence-electron chi connectivity index (χ0n) is 17.5. The van der Waals surface area contributed by atoms with Gasteiger partial charge in [-0.25, -0.2) is 9.89 Å². The van der Waals surface area contributed by atoms with Crippen LogP contribution in [0.1, 0.15) is 15.9 Å². The molecule has 1 amide bonds. The van der Waals surface area contributed by atoms with Crippen LogP contribution >= 0.6 is 0 Å². The van der Waals surface area contributed by atoms with Gasteiger partial charge in [0, 0.05) is 23.5 Å². The molecular formula is C23H17N5O6. The van der Waals surface area contributed by atoms with Crippen LogP contribution in [0.2, 0.25) is 0 Å². The zero-order chi connectivity index (χ0) is 23.7. The van der Waals surface area contributed by atoms with Gasteiger partial charge in [-0.05, 0) is 35.9 Å². The predicted molar refractivity (Wildman–Crippen MR) is 121 cm³/mol. The van der Waals surface area contributed by atoms with Gasteiger partial charge in [0.2, 0.25) is 6.79 Å². The van der Waals surface area contributed by atoms with Crippen LogP contribution in [0.15, 0.2) is 75.2 Å². The minimum Gasteiger partial charge on any atom is -0.454 e. The van der Waals surface area contributed by atoms with E-state index >= 15 is 0 Å². The van der Waals surface area contributed by atoms with E-state index in [2.05, 4.69) is 20.5 Å². The summed E-state index contributed by atoms with van der Waals surface area (Å²) in [4.78, 5) is 51.6. The predicted octanol–water partition coefficient (Wildman–Crippen LogP) is 1.32. The van der Waals surface area contributed by atoms with Crippen LogP contribution in [-0.4, -0.2) is 32.4 Å². The van der Waals surface area contributed by atoms with Gasteiger partial charge in [0.05, 0.1) is 12.2 Å². The Kier molecular flexibility index (Phi) is 5.26. The maximum absolute atomic E-state index is 12.9. The van der Waals surface area contributed by atoms with E-state index in [1.165, 1.54) is 6.07 Å². The molecule has 0 spiro atoms. The molecule has 5 rings (SSSR count). The summed E-state index contributed by atoms with van der Waals surface area (Å²) in [6.07, 6.45) is 1.09. The highest BCUT2D eigenvalue weighted by Gasteiger charge is 2.17. The molecule has 0 radical (unpaired) electrons. The van der Waals surface area contributed by atoms with E-state index in [1.54, 1.807) is 48.5 Å². The number of benzene rings is 2. The second-order valence-corrected chi connectivity index (χ2v) is 7.42. The van der Waals surface area contributed by atoms with Gasteiger partial charge >= 0.3 is 5.69 Å². The minimum absolute atomic E-state index is 0.0488. The van der Waals surface area contributed by atoms with Crippen molar-refractivity contribution in [2.45, 2.75) is 6.54 Å². The number of aromatic nitrogens is 4. The third-order valence-electron chi connectivity index (χ3n) is 5.20. The molecule has 170 valence electrons. The highest BCUT2D eigenvalue weighted by Crippen LogP contribution is 2.32. The highest BCUT2D eigenvalue weighted by molar-refractivity contribution is 6.03. The van der Waals surface area contributed by atoms with E-state index in [4.69, 9.17) is 9.47 Å². The average molecular weight is 459 g/mol. The van der Waals surface area contributed by atoms with Crippen LogP contribution in [-0.2, 0) is 6.54 Å². The summed E-state index contributed by atoms with van der Waals surface area (Å²) in [6.45, 7) is 0.0596. The second kappa shape index (κ2) is 8.54. The van der Waals surface area contributed by atoms with Crippen LogP contribution in [0.5, 0.6) is 11.5 Å². The Balaban J connectivity index is 1.36. The standard InChI is InChI=1S/C23H17N5O6/c29-20-8-6-17(26-27-20)14-2-4-15(5-3-14)25-21(30)16-10-24-23(32)28(22(16)31)11-13-1-7-18-19(9-13)34-12-33-18/h1-10H,11-12H2,(H,24,32)(H,25,30)(H,27,29). The maximum Gasteiger partial charge on any atom is 0.328 e. The van der Waals surface area contributed by atoms with Crippen molar-refractivity contribution in [1.29, 1.82) is 0 Å². The first-order chi connectivity index (χ1) is 16.5. The van der Waals surface area contributed by atoms with Gasteiger partial charge in [-0.3, -0.25) is 19.0 Å². The Hall–Kier alpha value is -4.93. The number of amides is 1. The zero-order valence-corrected chi connectivity index (χ0v) is 17.5. The number of hydrogen-bond acceptors (Lipinski definition) is 7. The monoisotopic (exact) mass is 459 g/mol. The summed E-state index contributed by atoms with van der Waals surface area (Å²) in [7, 11) is 0. The smallest absolute Gasteiger partial charge is 0.328 e. The summed E-state index contributed by atoms with van der Waals surface area (Å²) < 4.78 is 11.5. The number of rotatable bonds is 5. The molecule has 3 heterocycles. The second-order valence-electron chi connectivity index (χ2n) is 7.42. The molecule has 0 fully saturated rings. The molecule has 4 aromatic rings. The van der Waals surface area contributed by atoms with E-state index in [0.29, 0.717) is 28.4 Å². The largest absolute Gasteiger partial charge is 0.454 e. The average Bonchev–Trinajstić information content (AvgIpc) is 3.31. The summed E-state index contributed by atoms with van der Waals surface area (Å²) in [5.41, 5.74) is 0.468. The van der Waals surface area contributed by atoms with E-state index in [1.807, 2.05) is 0 Å². The SMILES string of the molecule is O=C(Nc1ccc(-c2ccc(=O)[nH]n2)cc1)c1c[nH]c(=O)n(Cc2ccc3c(c2)OCO3)c1=O. The van der Waals surface area contributed by atoms with Crippen molar-refractivity contribution in [3.8, 4) is 22.8 Å². The van der Waals surface area contributed by atoms with Crippen molar-refractivity contribution < 1.29 is 14.3 Å². The van der Waals surface area contributed by atoms with E-state index < -0.39 is 17.2 Å². The number of ether oxygens (including phenoxy) is 2. The molecule has 0 bridgehead atoms. The van der Waals surface area contributed by atoms with Crippen molar-refractivity contribution in [2.75, 3.05) is 12.1 Å². The summed E-state index contributed by atoms with van der Waals surface area (Å²) >= 11 is 0.